The quantitative estimate of drug-likeness (QED) is 0.940. The molecule has 0 fully saturated rings. The van der Waals surface area contributed by atoms with Crippen molar-refractivity contribution < 1.29 is 22.7 Å². The van der Waals surface area contributed by atoms with Gasteiger partial charge >= 0.3 is 5.97 Å². The summed E-state index contributed by atoms with van der Waals surface area (Å²) in [7, 11) is -3.80. The zero-order chi connectivity index (χ0) is 14.8. The number of benzene rings is 2. The van der Waals surface area contributed by atoms with Crippen LogP contribution in [0, 0.1) is 5.82 Å². The molecule has 2 rings (SSSR count). The zero-order valence-electron chi connectivity index (χ0n) is 10.3. The van der Waals surface area contributed by atoms with Gasteiger partial charge in [0, 0.05) is 0 Å². The number of halogens is 1. The number of carbonyl (C=O) groups is 1. The maximum Gasteiger partial charge on any atom is 0.335 e. The lowest BCUT2D eigenvalue weighted by Crippen LogP contribution is -2.09. The Morgan fingerprint density at radius 2 is 1.80 bits per heavy atom. The molecule has 0 spiro atoms. The van der Waals surface area contributed by atoms with E-state index >= 15 is 0 Å². The van der Waals surface area contributed by atoms with Crippen molar-refractivity contribution in [2.45, 2.75) is 10.6 Å². The van der Waals surface area contributed by atoms with Crippen molar-refractivity contribution in [2.24, 2.45) is 0 Å². The third kappa shape index (κ3) is 3.03. The predicted octanol–water partition coefficient (Wildman–Crippen LogP) is 2.50. The van der Waals surface area contributed by atoms with Crippen LogP contribution >= 0.6 is 0 Å². The predicted molar refractivity (Wildman–Crippen MR) is 70.7 cm³/mol. The second kappa shape index (κ2) is 5.42. The van der Waals surface area contributed by atoms with E-state index in [1.807, 2.05) is 0 Å². The molecule has 0 aliphatic heterocycles. The van der Waals surface area contributed by atoms with Gasteiger partial charge in [0.05, 0.1) is 16.2 Å². The van der Waals surface area contributed by atoms with Gasteiger partial charge < -0.3 is 5.11 Å². The Morgan fingerprint density at radius 1 is 1.10 bits per heavy atom. The number of hydrogen-bond acceptors (Lipinski definition) is 3. The lowest BCUT2D eigenvalue weighted by atomic mass is 10.1. The van der Waals surface area contributed by atoms with Crippen molar-refractivity contribution in [3.05, 3.63) is 65.5 Å². The van der Waals surface area contributed by atoms with Crippen molar-refractivity contribution in [1.82, 2.24) is 0 Å². The summed E-state index contributed by atoms with van der Waals surface area (Å²) in [6.07, 6.45) is 0. The third-order valence-corrected chi connectivity index (χ3v) is 4.41. The molecule has 0 radical (unpaired) electrons. The molecule has 0 aliphatic rings. The summed E-state index contributed by atoms with van der Waals surface area (Å²) in [6, 6.07) is 10.5. The average Bonchev–Trinajstić information content (AvgIpc) is 2.38. The second-order valence-electron chi connectivity index (χ2n) is 4.18. The fourth-order valence-electron chi connectivity index (χ4n) is 1.80. The van der Waals surface area contributed by atoms with Crippen LogP contribution in [0.5, 0.6) is 0 Å². The molecule has 2 aromatic carbocycles. The van der Waals surface area contributed by atoms with Gasteiger partial charge in [0.25, 0.3) is 0 Å². The van der Waals surface area contributed by atoms with Gasteiger partial charge in [-0.05, 0) is 29.8 Å². The fraction of sp³-hybridized carbons (Fsp3) is 0.0714. The summed E-state index contributed by atoms with van der Waals surface area (Å²) in [5.41, 5.74) is 0.0942. The van der Waals surface area contributed by atoms with E-state index < -0.39 is 27.4 Å². The van der Waals surface area contributed by atoms with Crippen LogP contribution in [0.25, 0.3) is 0 Å². The van der Waals surface area contributed by atoms with Crippen LogP contribution in [0.4, 0.5) is 4.39 Å². The highest BCUT2D eigenvalue weighted by atomic mass is 32.2. The average molecular weight is 294 g/mol. The van der Waals surface area contributed by atoms with Crippen molar-refractivity contribution in [3.63, 3.8) is 0 Å². The molecule has 0 saturated heterocycles. The number of aromatic carboxylic acids is 1. The molecule has 0 atom stereocenters. The van der Waals surface area contributed by atoms with Crippen LogP contribution < -0.4 is 0 Å². The number of hydrogen-bond donors (Lipinski definition) is 1. The number of sulfone groups is 1. The van der Waals surface area contributed by atoms with Gasteiger partial charge in [-0.2, -0.15) is 0 Å². The van der Waals surface area contributed by atoms with E-state index in [2.05, 4.69) is 0 Å². The smallest absolute Gasteiger partial charge is 0.335 e. The first-order valence-corrected chi connectivity index (χ1v) is 7.35. The molecule has 0 bridgehead atoms. The standard InChI is InChI=1S/C14H11FO4S/c15-11-5-3-6-12(8-11)20(18,19)9-10-4-1-2-7-13(10)14(16)17/h1-8H,9H2,(H,16,17). The highest BCUT2D eigenvalue weighted by Gasteiger charge is 2.19. The SMILES string of the molecule is O=C(O)c1ccccc1CS(=O)(=O)c1cccc(F)c1. The Hall–Kier alpha value is -2.21. The molecule has 0 aromatic heterocycles. The number of rotatable bonds is 4. The largest absolute Gasteiger partial charge is 0.478 e. The van der Waals surface area contributed by atoms with Crippen molar-refractivity contribution >= 4 is 15.8 Å². The molecule has 0 amide bonds. The van der Waals surface area contributed by atoms with Crippen LogP contribution in [0.1, 0.15) is 15.9 Å². The van der Waals surface area contributed by atoms with Gasteiger partial charge in [-0.3, -0.25) is 0 Å². The Kier molecular flexibility index (Phi) is 3.85. The van der Waals surface area contributed by atoms with E-state index in [0.717, 1.165) is 12.1 Å². The van der Waals surface area contributed by atoms with E-state index in [9.17, 15) is 17.6 Å². The molecule has 104 valence electrons. The molecule has 6 heteroatoms. The van der Waals surface area contributed by atoms with Crippen molar-refractivity contribution in [2.75, 3.05) is 0 Å². The normalized spacial score (nSPS) is 11.2. The first-order chi connectivity index (χ1) is 9.40. The van der Waals surface area contributed by atoms with Crippen molar-refractivity contribution in [3.8, 4) is 0 Å². The summed E-state index contributed by atoms with van der Waals surface area (Å²) in [5.74, 6) is -2.34. The molecular formula is C14H11FO4S. The van der Waals surface area contributed by atoms with E-state index in [1.54, 1.807) is 6.07 Å². The molecule has 4 nitrogen and oxygen atoms in total. The lowest BCUT2D eigenvalue weighted by molar-refractivity contribution is 0.0696. The summed E-state index contributed by atoms with van der Waals surface area (Å²) < 4.78 is 37.4. The molecule has 2 aromatic rings. The van der Waals surface area contributed by atoms with Crippen LogP contribution in [0.3, 0.4) is 0 Å². The summed E-state index contributed by atoms with van der Waals surface area (Å²) in [5, 5.41) is 9.02. The second-order valence-corrected chi connectivity index (χ2v) is 6.17. The van der Waals surface area contributed by atoms with Gasteiger partial charge in [0.1, 0.15) is 5.82 Å². The van der Waals surface area contributed by atoms with Crippen LogP contribution in [0.2, 0.25) is 0 Å². The Balaban J connectivity index is 2.41. The maximum absolute atomic E-state index is 13.1. The number of carboxylic acids is 1. The van der Waals surface area contributed by atoms with Crippen LogP contribution in [0.15, 0.2) is 53.4 Å². The number of carboxylic acid groups (broad SMARTS) is 1. The van der Waals surface area contributed by atoms with Crippen molar-refractivity contribution in [1.29, 1.82) is 0 Å². The third-order valence-electron chi connectivity index (χ3n) is 2.75. The first-order valence-electron chi connectivity index (χ1n) is 5.70. The Morgan fingerprint density at radius 3 is 2.45 bits per heavy atom. The molecule has 0 saturated carbocycles. The summed E-state index contributed by atoms with van der Waals surface area (Å²) in [6.45, 7) is 0. The molecule has 20 heavy (non-hydrogen) atoms. The van der Waals surface area contributed by atoms with Crippen LogP contribution in [-0.4, -0.2) is 19.5 Å². The maximum atomic E-state index is 13.1. The summed E-state index contributed by atoms with van der Waals surface area (Å²) in [4.78, 5) is 10.9. The minimum Gasteiger partial charge on any atom is -0.478 e. The van der Waals surface area contributed by atoms with Gasteiger partial charge in [-0.25, -0.2) is 17.6 Å². The fourth-order valence-corrected chi connectivity index (χ4v) is 3.21. The monoisotopic (exact) mass is 294 g/mol. The van der Waals surface area contributed by atoms with E-state index in [1.165, 1.54) is 30.3 Å². The summed E-state index contributed by atoms with van der Waals surface area (Å²) >= 11 is 0. The Bertz CT molecular complexity index is 753. The highest BCUT2D eigenvalue weighted by molar-refractivity contribution is 7.90. The zero-order valence-corrected chi connectivity index (χ0v) is 11.1. The minimum absolute atomic E-state index is 0.0764. The molecule has 1 N–H and O–H groups in total. The topological polar surface area (TPSA) is 71.4 Å². The van der Waals surface area contributed by atoms with E-state index in [-0.39, 0.29) is 16.0 Å². The minimum atomic E-state index is -3.80. The van der Waals surface area contributed by atoms with Gasteiger partial charge in [-0.1, -0.05) is 24.3 Å². The highest BCUT2D eigenvalue weighted by Crippen LogP contribution is 2.19. The molecular weight excluding hydrogens is 283 g/mol. The van der Waals surface area contributed by atoms with Gasteiger partial charge in [0.2, 0.25) is 0 Å². The molecule has 0 aliphatic carbocycles. The lowest BCUT2D eigenvalue weighted by Gasteiger charge is -2.07. The Labute approximate surface area is 115 Å². The van der Waals surface area contributed by atoms with E-state index in [0.29, 0.717) is 0 Å². The molecule has 0 unspecified atom stereocenters. The van der Waals surface area contributed by atoms with E-state index in [4.69, 9.17) is 5.11 Å². The van der Waals surface area contributed by atoms with Gasteiger partial charge in [-0.15, -0.1) is 0 Å². The molecule has 0 heterocycles. The first kappa shape index (κ1) is 14.2. The van der Waals surface area contributed by atoms with Crippen LogP contribution in [-0.2, 0) is 15.6 Å². The van der Waals surface area contributed by atoms with Gasteiger partial charge in [0.15, 0.2) is 9.84 Å².